The molecule has 0 aromatic carbocycles. The summed E-state index contributed by atoms with van der Waals surface area (Å²) >= 11 is 0. The summed E-state index contributed by atoms with van der Waals surface area (Å²) in [6, 6.07) is 7.01. The molecule has 18 heavy (non-hydrogen) atoms. The first-order valence-electron chi connectivity index (χ1n) is 7.28. The molecule has 96 valence electrons. The molecule has 3 nitrogen and oxygen atoms in total. The highest BCUT2D eigenvalue weighted by molar-refractivity contribution is 5.20. The lowest BCUT2D eigenvalue weighted by molar-refractivity contribution is 0.134. The summed E-state index contributed by atoms with van der Waals surface area (Å²) in [5, 5.41) is 0. The van der Waals surface area contributed by atoms with Gasteiger partial charge >= 0.3 is 0 Å². The Morgan fingerprint density at radius 1 is 1.11 bits per heavy atom. The molecule has 0 amide bonds. The van der Waals surface area contributed by atoms with Gasteiger partial charge in [0.2, 0.25) is 0 Å². The summed E-state index contributed by atoms with van der Waals surface area (Å²) in [6.07, 6.45) is 6.43. The van der Waals surface area contributed by atoms with Gasteiger partial charge in [-0.2, -0.15) is 0 Å². The van der Waals surface area contributed by atoms with Gasteiger partial charge in [0, 0.05) is 36.3 Å². The van der Waals surface area contributed by atoms with Crippen LogP contribution in [-0.2, 0) is 0 Å². The molecule has 0 saturated carbocycles. The molecule has 4 rings (SSSR count). The number of piperidine rings is 1. The van der Waals surface area contributed by atoms with Crippen LogP contribution < -0.4 is 5.56 Å². The second-order valence-electron chi connectivity index (χ2n) is 6.13. The molecule has 2 bridgehead atoms. The monoisotopic (exact) mass is 244 g/mol. The predicted molar refractivity (Wildman–Crippen MR) is 70.9 cm³/mol. The van der Waals surface area contributed by atoms with E-state index in [4.69, 9.17) is 0 Å². The molecule has 0 spiro atoms. The third-order valence-electron chi connectivity index (χ3n) is 5.11. The lowest BCUT2D eigenvalue weighted by Crippen LogP contribution is -2.42. The Labute approximate surface area is 107 Å². The van der Waals surface area contributed by atoms with Gasteiger partial charge in [-0.15, -0.1) is 0 Å². The molecule has 3 aliphatic heterocycles. The van der Waals surface area contributed by atoms with Crippen LogP contribution in [0.25, 0.3) is 0 Å². The minimum Gasteiger partial charge on any atom is -0.309 e. The predicted octanol–water partition coefficient (Wildman–Crippen LogP) is 2.13. The van der Waals surface area contributed by atoms with Crippen molar-refractivity contribution in [2.24, 2.45) is 0 Å². The topological polar surface area (TPSA) is 25.2 Å². The van der Waals surface area contributed by atoms with Crippen LogP contribution in [0.2, 0.25) is 0 Å². The van der Waals surface area contributed by atoms with Crippen molar-refractivity contribution in [3.05, 3.63) is 34.2 Å². The normalized spacial score (nSPS) is 34.8. The SMILES string of the molecule is O=c1cccc2n1C1CC2CN2CCCCC2C1. The summed E-state index contributed by atoms with van der Waals surface area (Å²) < 4.78 is 2.09. The van der Waals surface area contributed by atoms with E-state index >= 15 is 0 Å². The van der Waals surface area contributed by atoms with Crippen molar-refractivity contribution < 1.29 is 0 Å². The number of fused-ring (bicyclic) bond motifs is 6. The fourth-order valence-corrected chi connectivity index (χ4v) is 4.33. The number of rotatable bonds is 0. The van der Waals surface area contributed by atoms with Crippen LogP contribution >= 0.6 is 0 Å². The van der Waals surface area contributed by atoms with Crippen LogP contribution in [0, 0.1) is 0 Å². The Bertz CT molecular complexity index is 521. The summed E-state index contributed by atoms with van der Waals surface area (Å²) in [7, 11) is 0. The minimum atomic E-state index is 0.212. The van der Waals surface area contributed by atoms with E-state index in [-0.39, 0.29) is 5.56 Å². The zero-order valence-electron chi connectivity index (χ0n) is 10.7. The van der Waals surface area contributed by atoms with Crippen LogP contribution in [0.5, 0.6) is 0 Å². The maximum absolute atomic E-state index is 12.1. The van der Waals surface area contributed by atoms with Crippen LogP contribution in [-0.4, -0.2) is 28.6 Å². The van der Waals surface area contributed by atoms with Crippen molar-refractivity contribution in [3.8, 4) is 0 Å². The Balaban J connectivity index is 1.76. The van der Waals surface area contributed by atoms with Crippen molar-refractivity contribution in [1.29, 1.82) is 0 Å². The lowest BCUT2D eigenvalue weighted by Gasteiger charge is -2.37. The molecule has 0 radical (unpaired) electrons. The van der Waals surface area contributed by atoms with E-state index in [9.17, 15) is 4.79 Å². The summed E-state index contributed by atoms with van der Waals surface area (Å²) in [5.41, 5.74) is 1.50. The molecule has 1 aromatic rings. The van der Waals surface area contributed by atoms with E-state index in [1.165, 1.54) is 50.9 Å². The molecule has 0 aliphatic carbocycles. The fraction of sp³-hybridized carbons (Fsp3) is 0.667. The highest BCUT2D eigenvalue weighted by Crippen LogP contribution is 2.42. The largest absolute Gasteiger partial charge is 0.309 e. The van der Waals surface area contributed by atoms with Crippen LogP contribution in [0.15, 0.2) is 23.0 Å². The van der Waals surface area contributed by atoms with E-state index in [1.54, 1.807) is 6.07 Å². The average Bonchev–Trinajstić information content (AvgIpc) is 2.60. The maximum Gasteiger partial charge on any atom is 0.250 e. The van der Waals surface area contributed by atoms with Crippen molar-refractivity contribution in [2.45, 2.75) is 50.1 Å². The number of nitrogens with zero attached hydrogens (tertiary/aromatic N) is 2. The van der Waals surface area contributed by atoms with E-state index in [2.05, 4.69) is 15.5 Å². The first-order chi connectivity index (χ1) is 8.83. The molecule has 3 heteroatoms. The van der Waals surface area contributed by atoms with Gasteiger partial charge in [0.05, 0.1) is 0 Å². The van der Waals surface area contributed by atoms with Gasteiger partial charge < -0.3 is 4.57 Å². The van der Waals surface area contributed by atoms with Crippen LogP contribution in [0.4, 0.5) is 0 Å². The van der Waals surface area contributed by atoms with E-state index in [0.29, 0.717) is 12.0 Å². The second-order valence-corrected chi connectivity index (χ2v) is 6.13. The van der Waals surface area contributed by atoms with Gasteiger partial charge in [0.25, 0.3) is 5.56 Å². The number of aromatic nitrogens is 1. The zero-order chi connectivity index (χ0) is 12.1. The van der Waals surface area contributed by atoms with Crippen LogP contribution in [0.1, 0.15) is 49.8 Å². The molecular weight excluding hydrogens is 224 g/mol. The maximum atomic E-state index is 12.1. The zero-order valence-corrected chi connectivity index (χ0v) is 10.7. The number of hydrogen-bond donors (Lipinski definition) is 0. The van der Waals surface area contributed by atoms with E-state index < -0.39 is 0 Å². The van der Waals surface area contributed by atoms with E-state index in [0.717, 1.165) is 6.04 Å². The molecule has 4 heterocycles. The second kappa shape index (κ2) is 3.95. The molecule has 2 saturated heterocycles. The first-order valence-corrected chi connectivity index (χ1v) is 7.28. The lowest BCUT2D eigenvalue weighted by atomic mass is 9.97. The Morgan fingerprint density at radius 3 is 3.00 bits per heavy atom. The van der Waals surface area contributed by atoms with Crippen molar-refractivity contribution in [2.75, 3.05) is 13.1 Å². The van der Waals surface area contributed by atoms with Crippen molar-refractivity contribution in [1.82, 2.24) is 9.47 Å². The van der Waals surface area contributed by atoms with Crippen molar-refractivity contribution in [3.63, 3.8) is 0 Å². The highest BCUT2D eigenvalue weighted by Gasteiger charge is 2.39. The van der Waals surface area contributed by atoms with Crippen molar-refractivity contribution >= 4 is 0 Å². The smallest absolute Gasteiger partial charge is 0.250 e. The fourth-order valence-electron chi connectivity index (χ4n) is 4.33. The van der Waals surface area contributed by atoms with Gasteiger partial charge in [-0.3, -0.25) is 9.69 Å². The number of pyridine rings is 1. The quantitative estimate of drug-likeness (QED) is 0.698. The van der Waals surface area contributed by atoms with Gasteiger partial charge in [0.1, 0.15) is 0 Å². The average molecular weight is 244 g/mol. The summed E-state index contributed by atoms with van der Waals surface area (Å²) in [6.45, 7) is 2.44. The van der Waals surface area contributed by atoms with Gasteiger partial charge in [0.15, 0.2) is 0 Å². The Kier molecular flexibility index (Phi) is 2.37. The van der Waals surface area contributed by atoms with E-state index in [1.807, 2.05) is 6.07 Å². The molecule has 3 unspecified atom stereocenters. The molecule has 3 aliphatic rings. The number of hydrogen-bond acceptors (Lipinski definition) is 2. The summed E-state index contributed by atoms with van der Waals surface area (Å²) in [5.74, 6) is 0.590. The standard InChI is InChI=1S/C15H20N2O/c18-15-6-3-5-14-11-8-13(17(14)15)9-12-4-1-2-7-16(12)10-11/h3,5-6,11-13H,1-2,4,7-10H2. The molecular formula is C15H20N2O. The third-order valence-corrected chi connectivity index (χ3v) is 5.11. The highest BCUT2D eigenvalue weighted by atomic mass is 16.1. The Morgan fingerprint density at radius 2 is 2.06 bits per heavy atom. The molecule has 2 fully saturated rings. The first kappa shape index (κ1) is 10.8. The molecule has 3 atom stereocenters. The van der Waals surface area contributed by atoms with Crippen LogP contribution in [0.3, 0.4) is 0 Å². The minimum absolute atomic E-state index is 0.212. The molecule has 0 N–H and O–H groups in total. The third kappa shape index (κ3) is 1.50. The van der Waals surface area contributed by atoms with Gasteiger partial charge in [-0.1, -0.05) is 12.5 Å². The van der Waals surface area contributed by atoms with Gasteiger partial charge in [-0.05, 0) is 38.3 Å². The summed E-state index contributed by atoms with van der Waals surface area (Å²) in [4.78, 5) is 14.8. The molecule has 1 aromatic heterocycles. The Hall–Kier alpha value is -1.09. The van der Waals surface area contributed by atoms with Gasteiger partial charge in [-0.25, -0.2) is 0 Å².